The van der Waals surface area contributed by atoms with E-state index in [0.717, 1.165) is 18.2 Å². The molecule has 0 aliphatic carbocycles. The van der Waals surface area contributed by atoms with Crippen molar-refractivity contribution < 1.29 is 17.9 Å². The first kappa shape index (κ1) is 19.4. The third kappa shape index (κ3) is 6.55. The van der Waals surface area contributed by atoms with Crippen LogP contribution in [-0.2, 0) is 10.0 Å². The summed E-state index contributed by atoms with van der Waals surface area (Å²) in [5.41, 5.74) is 6.84. The molecule has 1 aromatic carbocycles. The van der Waals surface area contributed by atoms with Gasteiger partial charge in [0.1, 0.15) is 5.75 Å². The molecule has 8 heteroatoms. The van der Waals surface area contributed by atoms with E-state index in [-0.39, 0.29) is 19.0 Å². The van der Waals surface area contributed by atoms with E-state index in [9.17, 15) is 13.2 Å². The topological polar surface area (TPSA) is 102 Å². The fourth-order valence-electron chi connectivity index (χ4n) is 1.76. The van der Waals surface area contributed by atoms with Crippen molar-refractivity contribution >= 4 is 15.9 Å². The third-order valence-electron chi connectivity index (χ3n) is 3.33. The molecule has 0 bridgehead atoms. The van der Waals surface area contributed by atoms with Gasteiger partial charge in [0, 0.05) is 25.7 Å². The lowest BCUT2D eigenvalue weighted by Crippen LogP contribution is -2.35. The Labute approximate surface area is 137 Å². The number of ether oxygens (including phenoxy) is 1. The molecule has 0 aromatic heterocycles. The molecule has 0 aliphatic rings. The molecule has 0 fully saturated rings. The summed E-state index contributed by atoms with van der Waals surface area (Å²) < 4.78 is 29.3. The number of carbonyl (C=O) groups is 1. The molecule has 0 spiro atoms. The maximum absolute atomic E-state index is 12.1. The van der Waals surface area contributed by atoms with Crippen LogP contribution in [0.15, 0.2) is 18.2 Å². The highest BCUT2D eigenvalue weighted by atomic mass is 32.2. The van der Waals surface area contributed by atoms with Gasteiger partial charge in [0.05, 0.1) is 12.9 Å². The van der Waals surface area contributed by atoms with E-state index in [1.165, 1.54) is 11.4 Å². The zero-order valence-corrected chi connectivity index (χ0v) is 14.6. The molecule has 0 saturated heterocycles. The summed E-state index contributed by atoms with van der Waals surface area (Å²) in [5.74, 6) is 0.384. The molecule has 1 amide bonds. The largest absolute Gasteiger partial charge is 0.493 e. The Kier molecular flexibility index (Phi) is 7.47. The minimum absolute atomic E-state index is 0.219. The number of nitrogens with one attached hydrogen (secondary N) is 1. The number of likely N-dealkylation sites (N-methyl/N-ethyl adjacent to an activating group) is 1. The number of amides is 1. The summed E-state index contributed by atoms with van der Waals surface area (Å²) >= 11 is 0. The second-order valence-electron chi connectivity index (χ2n) is 5.31. The Morgan fingerprint density at radius 3 is 2.70 bits per heavy atom. The molecule has 0 radical (unpaired) electrons. The van der Waals surface area contributed by atoms with Gasteiger partial charge in [0.25, 0.3) is 5.91 Å². The average Bonchev–Trinajstić information content (AvgIpc) is 2.48. The number of rotatable bonds is 9. The summed E-state index contributed by atoms with van der Waals surface area (Å²) in [7, 11) is -1.77. The molecule has 23 heavy (non-hydrogen) atoms. The van der Waals surface area contributed by atoms with Gasteiger partial charge in [0.15, 0.2) is 0 Å². The third-order valence-corrected chi connectivity index (χ3v) is 4.65. The Bertz CT molecular complexity index is 632. The van der Waals surface area contributed by atoms with Gasteiger partial charge in [-0.15, -0.1) is 0 Å². The number of aryl methyl sites for hydroxylation is 1. The number of hydrogen-bond acceptors (Lipinski definition) is 5. The van der Waals surface area contributed by atoms with Gasteiger partial charge >= 0.3 is 0 Å². The van der Waals surface area contributed by atoms with Crippen molar-refractivity contribution in [2.45, 2.75) is 13.3 Å². The average molecular weight is 343 g/mol. The van der Waals surface area contributed by atoms with Crippen LogP contribution in [-0.4, -0.2) is 58.2 Å². The Morgan fingerprint density at radius 1 is 1.39 bits per heavy atom. The van der Waals surface area contributed by atoms with Crippen LogP contribution in [0.2, 0.25) is 0 Å². The molecule has 7 nitrogen and oxygen atoms in total. The first-order chi connectivity index (χ1) is 10.8. The molecular formula is C15H25N3O4S. The van der Waals surface area contributed by atoms with Crippen molar-refractivity contribution in [1.82, 2.24) is 9.62 Å². The number of nitrogens with zero attached hydrogens (tertiary/aromatic N) is 1. The van der Waals surface area contributed by atoms with Gasteiger partial charge < -0.3 is 15.8 Å². The molecule has 0 saturated carbocycles. The van der Waals surface area contributed by atoms with Crippen LogP contribution in [0.3, 0.4) is 0 Å². The fraction of sp³-hybridized carbons (Fsp3) is 0.533. The second-order valence-corrected chi connectivity index (χ2v) is 7.40. The summed E-state index contributed by atoms with van der Waals surface area (Å²) in [6.07, 6.45) is 1.87. The standard InChI is InChI=1S/C15H25N3O4S/c1-12-5-6-13(11-14(12)22-10-4-7-16)15(19)17-8-9-18(2)23(3,20)21/h5-6,11H,4,7-10,16H2,1-3H3,(H,17,19). The quantitative estimate of drug-likeness (QED) is 0.630. The number of hydrogen-bond donors (Lipinski definition) is 2. The van der Waals surface area contributed by atoms with E-state index in [2.05, 4.69) is 5.32 Å². The number of benzene rings is 1. The number of nitrogens with two attached hydrogens (primary N) is 1. The van der Waals surface area contributed by atoms with Gasteiger partial charge in [-0.3, -0.25) is 4.79 Å². The minimum Gasteiger partial charge on any atom is -0.493 e. The van der Waals surface area contributed by atoms with Gasteiger partial charge in [0.2, 0.25) is 10.0 Å². The van der Waals surface area contributed by atoms with Crippen LogP contribution in [0.25, 0.3) is 0 Å². The van der Waals surface area contributed by atoms with Crippen molar-refractivity contribution in [2.75, 3.05) is 39.5 Å². The minimum atomic E-state index is -3.24. The van der Waals surface area contributed by atoms with E-state index >= 15 is 0 Å². The summed E-state index contributed by atoms with van der Waals surface area (Å²) in [6.45, 7) is 3.41. The fourth-order valence-corrected chi connectivity index (χ4v) is 2.18. The van der Waals surface area contributed by atoms with Crippen molar-refractivity contribution in [2.24, 2.45) is 5.73 Å². The Hall–Kier alpha value is -1.64. The maximum Gasteiger partial charge on any atom is 0.251 e. The normalized spacial score (nSPS) is 11.5. The van der Waals surface area contributed by atoms with Crippen LogP contribution < -0.4 is 15.8 Å². The van der Waals surface area contributed by atoms with Crippen LogP contribution >= 0.6 is 0 Å². The van der Waals surface area contributed by atoms with Gasteiger partial charge in [-0.1, -0.05) is 6.07 Å². The van der Waals surface area contributed by atoms with Crippen LogP contribution in [0.4, 0.5) is 0 Å². The number of sulfonamides is 1. The lowest BCUT2D eigenvalue weighted by Gasteiger charge is -2.15. The van der Waals surface area contributed by atoms with Gasteiger partial charge in [-0.05, 0) is 37.6 Å². The molecule has 0 aliphatic heterocycles. The molecular weight excluding hydrogens is 318 g/mol. The number of carbonyl (C=O) groups excluding carboxylic acids is 1. The summed E-state index contributed by atoms with van der Waals surface area (Å²) in [5, 5.41) is 2.70. The van der Waals surface area contributed by atoms with E-state index in [1.54, 1.807) is 12.1 Å². The van der Waals surface area contributed by atoms with Crippen LogP contribution in [0.1, 0.15) is 22.3 Å². The lowest BCUT2D eigenvalue weighted by molar-refractivity contribution is 0.0951. The maximum atomic E-state index is 12.1. The van der Waals surface area contributed by atoms with E-state index < -0.39 is 10.0 Å². The molecule has 130 valence electrons. The predicted molar refractivity (Wildman–Crippen MR) is 90.2 cm³/mol. The molecule has 0 atom stereocenters. The Balaban J connectivity index is 2.60. The van der Waals surface area contributed by atoms with Gasteiger partial charge in [-0.25, -0.2) is 12.7 Å². The molecule has 3 N–H and O–H groups in total. The van der Waals surface area contributed by atoms with Crippen molar-refractivity contribution in [1.29, 1.82) is 0 Å². The molecule has 1 aromatic rings. The first-order valence-electron chi connectivity index (χ1n) is 7.38. The highest BCUT2D eigenvalue weighted by Crippen LogP contribution is 2.19. The van der Waals surface area contributed by atoms with Crippen molar-refractivity contribution in [3.05, 3.63) is 29.3 Å². The molecule has 0 unspecified atom stereocenters. The van der Waals surface area contributed by atoms with Crippen molar-refractivity contribution in [3.8, 4) is 5.75 Å². The van der Waals surface area contributed by atoms with E-state index in [4.69, 9.17) is 10.5 Å². The summed E-state index contributed by atoms with van der Waals surface area (Å²) in [6, 6.07) is 5.21. The lowest BCUT2D eigenvalue weighted by atomic mass is 10.1. The monoisotopic (exact) mass is 343 g/mol. The predicted octanol–water partition coefficient (Wildman–Crippen LogP) is 0.344. The van der Waals surface area contributed by atoms with Crippen LogP contribution in [0, 0.1) is 6.92 Å². The van der Waals surface area contributed by atoms with Crippen molar-refractivity contribution in [3.63, 3.8) is 0 Å². The molecule has 1 rings (SSSR count). The SMILES string of the molecule is Cc1ccc(C(=O)NCCN(C)S(C)(=O)=O)cc1OCCCN. The zero-order chi connectivity index (χ0) is 17.5. The zero-order valence-electron chi connectivity index (χ0n) is 13.8. The molecule has 0 heterocycles. The second kappa shape index (κ2) is 8.85. The van der Waals surface area contributed by atoms with E-state index in [0.29, 0.717) is 24.5 Å². The highest BCUT2D eigenvalue weighted by Gasteiger charge is 2.12. The smallest absolute Gasteiger partial charge is 0.251 e. The first-order valence-corrected chi connectivity index (χ1v) is 9.23. The van der Waals surface area contributed by atoms with Gasteiger partial charge in [-0.2, -0.15) is 0 Å². The highest BCUT2D eigenvalue weighted by molar-refractivity contribution is 7.88. The van der Waals surface area contributed by atoms with Crippen LogP contribution in [0.5, 0.6) is 5.75 Å². The Morgan fingerprint density at radius 2 is 2.09 bits per heavy atom. The summed E-state index contributed by atoms with van der Waals surface area (Å²) in [4.78, 5) is 12.1. The van der Waals surface area contributed by atoms with E-state index in [1.807, 2.05) is 13.0 Å².